The van der Waals surface area contributed by atoms with Crippen LogP contribution in [0.5, 0.6) is 0 Å². The molecule has 1 aliphatic rings. The molecule has 0 amide bonds. The van der Waals surface area contributed by atoms with Gasteiger partial charge in [-0.15, -0.1) is 0 Å². The maximum Gasteiger partial charge on any atom is 0.486 e. The monoisotopic (exact) mass is 1040 g/mol. The number of ether oxygens (including phenoxy) is 2. The van der Waals surface area contributed by atoms with E-state index in [0.29, 0.717) is 0 Å². The van der Waals surface area contributed by atoms with Crippen molar-refractivity contribution in [1.82, 2.24) is 19.4 Å². The van der Waals surface area contributed by atoms with Crippen molar-refractivity contribution in [3.63, 3.8) is 0 Å². The van der Waals surface area contributed by atoms with Gasteiger partial charge in [-0.2, -0.15) is 0 Å². The molecule has 0 bridgehead atoms. The fourth-order valence-corrected chi connectivity index (χ4v) is 8.51. The minimum absolute atomic E-state index is 0.0616. The maximum atomic E-state index is 12.5. The van der Waals surface area contributed by atoms with E-state index in [9.17, 15) is 18.0 Å². The highest BCUT2D eigenvalue weighted by molar-refractivity contribution is 9.10. The fourth-order valence-electron chi connectivity index (χ4n) is 6.59. The first-order chi connectivity index (χ1) is 31.0. The van der Waals surface area contributed by atoms with Gasteiger partial charge in [-0.3, -0.25) is 19.6 Å². The van der Waals surface area contributed by atoms with Crippen LogP contribution in [0.2, 0.25) is 0 Å². The largest absolute Gasteiger partial charge is 0.486 e. The molecule has 0 radical (unpaired) electrons. The minimum atomic E-state index is -1.18. The summed E-state index contributed by atoms with van der Waals surface area (Å²) < 4.78 is 52.6. The highest BCUT2D eigenvalue weighted by atomic mass is 79.9. The van der Waals surface area contributed by atoms with Gasteiger partial charge in [0.05, 0.1) is 102 Å². The van der Waals surface area contributed by atoms with Crippen LogP contribution in [0.3, 0.4) is 0 Å². The number of carbonyl (C=O) groups excluding carboxylic acids is 2. The van der Waals surface area contributed by atoms with Gasteiger partial charge >= 0.3 is 19.1 Å². The number of benzene rings is 2. The first-order valence-corrected chi connectivity index (χ1v) is 25.9. The van der Waals surface area contributed by atoms with E-state index >= 15 is 0 Å². The molecule has 12 nitrogen and oxygen atoms in total. The van der Waals surface area contributed by atoms with E-state index in [2.05, 4.69) is 43.6 Å². The van der Waals surface area contributed by atoms with Crippen molar-refractivity contribution >= 4 is 84.8 Å². The number of fused-ring (bicyclic) bond motifs is 2. The third-order valence-corrected chi connectivity index (χ3v) is 15.5. The molecule has 374 valence electrons. The smallest absolute Gasteiger partial charge is 0.468 e. The van der Waals surface area contributed by atoms with Gasteiger partial charge in [0, 0.05) is 15.2 Å². The van der Waals surface area contributed by atoms with E-state index in [0.717, 1.165) is 54.4 Å². The first kappa shape index (κ1) is 58.7. The van der Waals surface area contributed by atoms with Crippen LogP contribution in [-0.4, -0.2) is 72.4 Å². The summed E-state index contributed by atoms with van der Waals surface area (Å²) in [4.78, 5) is 33.0. The SMILES string of the molecule is COC(=O)C(C)(C)/C=C/B1OC(C)(C)C(C)(C)O1.COC(=O)C(C)(C)/C=C/c1ccc2cc(C)c([C@@H](C)N[S@](=O)C(C)(C)C)nc2c1.Cc1cc2ccc(Br)cc2nc1[C@@H](C)N[S@](=O)C(C)(C)C. The minimum Gasteiger partial charge on any atom is -0.468 e. The van der Waals surface area contributed by atoms with E-state index in [1.54, 1.807) is 25.9 Å². The number of nitrogens with one attached hydrogen (secondary N) is 2. The second-order valence-electron chi connectivity index (χ2n) is 21.4. The zero-order valence-electron chi connectivity index (χ0n) is 44.0. The predicted octanol–water partition coefficient (Wildman–Crippen LogP) is 11.7. The molecule has 0 aliphatic carbocycles. The van der Waals surface area contributed by atoms with E-state index in [4.69, 9.17) is 28.8 Å². The first-order valence-electron chi connectivity index (χ1n) is 22.8. The summed E-state index contributed by atoms with van der Waals surface area (Å²) in [6.45, 7) is 34.9. The Morgan fingerprint density at radius 3 is 1.49 bits per heavy atom. The van der Waals surface area contributed by atoms with E-state index in [-0.39, 0.29) is 44.7 Å². The Balaban J connectivity index is 0.000000280. The van der Waals surface area contributed by atoms with Crippen molar-refractivity contribution in [2.75, 3.05) is 14.2 Å². The molecule has 1 saturated heterocycles. The molecule has 16 heteroatoms. The van der Waals surface area contributed by atoms with E-state index in [1.165, 1.54) is 14.2 Å². The number of halogens is 1. The van der Waals surface area contributed by atoms with Gasteiger partial charge in [0.15, 0.2) is 0 Å². The molecule has 0 unspecified atom stereocenters. The third kappa shape index (κ3) is 15.9. The molecule has 0 spiro atoms. The third-order valence-electron chi connectivity index (χ3n) is 11.6. The average Bonchev–Trinajstić information content (AvgIpc) is 3.45. The number of aromatic nitrogens is 2. The lowest BCUT2D eigenvalue weighted by molar-refractivity contribution is -0.148. The highest BCUT2D eigenvalue weighted by Gasteiger charge is 2.50. The summed E-state index contributed by atoms with van der Waals surface area (Å²) in [5, 5.41) is 2.16. The van der Waals surface area contributed by atoms with Crippen molar-refractivity contribution < 1.29 is 36.8 Å². The molecule has 4 aromatic rings. The lowest BCUT2D eigenvalue weighted by atomic mass is 9.83. The molecule has 0 saturated carbocycles. The standard InChI is InChI=1S/C23H32N2O3S.C16H21BrN2OS.C13H23BO4/c1-15-13-18-10-9-17(11-12-23(6,7)21(26)28-8)14-19(18)24-20(15)16(2)25-29(27)22(3,4)5;1-10-8-12-6-7-13(17)9-14(12)18-15(10)11(2)19-21(20)16(3,4)5;1-11(2,10(15)16-7)8-9-14-17-12(3,4)13(5,6)18-14/h9-14,16,25H,1-8H3;6-9,11,19H,1-5H3;8-9H,1-7H3/b12-11+;;9-8+/t16-,29-;11-,21-;/m11./s1. The fraction of sp³-hybridized carbons (Fsp3) is 0.538. The average molecular weight is 1040 g/mol. The number of rotatable bonds is 12. The molecule has 2 aromatic heterocycles. The molecule has 2 N–H and O–H groups in total. The van der Waals surface area contributed by atoms with Crippen LogP contribution < -0.4 is 9.44 Å². The van der Waals surface area contributed by atoms with Gasteiger partial charge in [0.1, 0.15) is 0 Å². The summed E-state index contributed by atoms with van der Waals surface area (Å²) in [6, 6.07) is 16.1. The van der Waals surface area contributed by atoms with Gasteiger partial charge < -0.3 is 18.8 Å². The Labute approximate surface area is 420 Å². The van der Waals surface area contributed by atoms with Crippen LogP contribution in [0.4, 0.5) is 0 Å². The quantitative estimate of drug-likeness (QED) is 0.103. The Morgan fingerprint density at radius 1 is 0.676 bits per heavy atom. The van der Waals surface area contributed by atoms with Crippen LogP contribution in [0, 0.1) is 24.7 Å². The van der Waals surface area contributed by atoms with Crippen molar-refractivity contribution in [2.45, 2.75) is 157 Å². The Morgan fingerprint density at radius 2 is 1.07 bits per heavy atom. The Bertz CT molecular complexity index is 2530. The predicted molar refractivity (Wildman–Crippen MR) is 285 cm³/mol. The molecule has 3 heterocycles. The number of esters is 2. The Kier molecular flexibility index (Phi) is 19.9. The van der Waals surface area contributed by atoms with Crippen LogP contribution >= 0.6 is 15.9 Å². The maximum absolute atomic E-state index is 12.5. The second-order valence-corrected chi connectivity index (χ2v) is 26.3. The molecule has 2 aromatic carbocycles. The highest BCUT2D eigenvalue weighted by Crippen LogP contribution is 2.37. The van der Waals surface area contributed by atoms with Crippen molar-refractivity contribution in [3.05, 3.63) is 99.2 Å². The van der Waals surface area contributed by atoms with Gasteiger partial charge in [-0.1, -0.05) is 58.3 Å². The summed E-state index contributed by atoms with van der Waals surface area (Å²) in [5.41, 5.74) is 4.63. The lowest BCUT2D eigenvalue weighted by Gasteiger charge is -2.32. The zero-order chi connectivity index (χ0) is 52.0. The molecular weight excluding hydrogens is 963 g/mol. The lowest BCUT2D eigenvalue weighted by Crippen LogP contribution is -2.41. The van der Waals surface area contributed by atoms with Gasteiger partial charge in [-0.05, 0) is 172 Å². The molecule has 4 atom stereocenters. The molecule has 1 aliphatic heterocycles. The van der Waals surface area contributed by atoms with E-state index in [1.807, 2.05) is 153 Å². The van der Waals surface area contributed by atoms with Crippen molar-refractivity contribution in [1.29, 1.82) is 0 Å². The van der Waals surface area contributed by atoms with Gasteiger partial charge in [0.2, 0.25) is 0 Å². The number of nitrogens with zero attached hydrogens (tertiary/aromatic N) is 2. The number of carbonyl (C=O) groups is 2. The molecule has 1 fully saturated rings. The topological polar surface area (TPSA) is 155 Å². The summed E-state index contributed by atoms with van der Waals surface area (Å²) in [7, 11) is 0.0512. The Hall–Kier alpha value is -3.64. The molecule has 68 heavy (non-hydrogen) atoms. The zero-order valence-corrected chi connectivity index (χ0v) is 47.2. The van der Waals surface area contributed by atoms with Gasteiger partial charge in [-0.25, -0.2) is 17.9 Å². The summed E-state index contributed by atoms with van der Waals surface area (Å²) in [6.07, 6.45) is 5.51. The molecule has 5 rings (SSSR count). The van der Waals surface area contributed by atoms with Gasteiger partial charge in [0.25, 0.3) is 0 Å². The van der Waals surface area contributed by atoms with Crippen LogP contribution in [-0.2, 0) is 50.3 Å². The second kappa shape index (κ2) is 23.1. The number of methoxy groups -OCH3 is 2. The normalized spacial score (nSPS) is 17.0. The van der Waals surface area contributed by atoms with Crippen molar-refractivity contribution in [3.8, 4) is 0 Å². The van der Waals surface area contributed by atoms with Crippen molar-refractivity contribution in [2.24, 2.45) is 10.8 Å². The van der Waals surface area contributed by atoms with Crippen LogP contribution in [0.15, 0.2) is 71.1 Å². The number of hydrogen-bond donors (Lipinski definition) is 2. The van der Waals surface area contributed by atoms with Crippen LogP contribution in [0.25, 0.3) is 27.9 Å². The van der Waals surface area contributed by atoms with E-state index < -0.39 is 39.9 Å². The number of hydrogen-bond acceptors (Lipinski definition) is 10. The summed E-state index contributed by atoms with van der Waals surface area (Å²) in [5.74, 6) is 1.21. The molecular formula is C52H76BBrN4O8S2. The number of pyridine rings is 2. The summed E-state index contributed by atoms with van der Waals surface area (Å²) >= 11 is 3.47. The van der Waals surface area contributed by atoms with Crippen LogP contribution in [0.1, 0.15) is 151 Å². The number of aryl methyl sites for hydroxylation is 2.